The molecular formula is C30H22Cl4N2O6S. The van der Waals surface area contributed by atoms with Crippen LogP contribution in [0, 0.1) is 0 Å². The van der Waals surface area contributed by atoms with E-state index < -0.39 is 33.3 Å². The number of carboxylic acids is 1. The van der Waals surface area contributed by atoms with Crippen molar-refractivity contribution in [2.45, 2.75) is 10.1 Å². The van der Waals surface area contributed by atoms with Crippen molar-refractivity contribution in [3.05, 3.63) is 110 Å². The van der Waals surface area contributed by atoms with Crippen LogP contribution in [-0.4, -0.2) is 37.1 Å². The minimum Gasteiger partial charge on any atom is -0.497 e. The van der Waals surface area contributed by atoms with E-state index in [1.54, 1.807) is 42.5 Å². The van der Waals surface area contributed by atoms with Gasteiger partial charge in [-0.25, -0.2) is 4.79 Å². The van der Waals surface area contributed by atoms with E-state index in [4.69, 9.17) is 55.9 Å². The molecule has 0 aliphatic rings. The van der Waals surface area contributed by atoms with Gasteiger partial charge in [-0.1, -0.05) is 76.7 Å². The molecule has 222 valence electrons. The monoisotopic (exact) mass is 678 g/mol. The number of methoxy groups -OCH3 is 2. The minimum atomic E-state index is -1.50. The Morgan fingerprint density at radius 1 is 0.767 bits per heavy atom. The van der Waals surface area contributed by atoms with Crippen molar-refractivity contribution in [3.8, 4) is 11.5 Å². The molecule has 4 aromatic carbocycles. The molecule has 0 saturated carbocycles. The molecule has 1 atom stereocenters. The van der Waals surface area contributed by atoms with Gasteiger partial charge >= 0.3 is 5.97 Å². The van der Waals surface area contributed by atoms with Gasteiger partial charge in [0, 0.05) is 16.6 Å². The smallest absolute Gasteiger partial charge is 0.338 e. The van der Waals surface area contributed by atoms with Crippen molar-refractivity contribution < 1.29 is 29.0 Å². The molecule has 8 nitrogen and oxygen atoms in total. The Balaban J connectivity index is 1.58. The molecule has 4 aromatic rings. The van der Waals surface area contributed by atoms with Crippen LogP contribution in [-0.2, 0) is 4.79 Å². The summed E-state index contributed by atoms with van der Waals surface area (Å²) in [6.45, 7) is 0. The predicted molar refractivity (Wildman–Crippen MR) is 171 cm³/mol. The number of benzene rings is 4. The van der Waals surface area contributed by atoms with E-state index in [1.807, 2.05) is 30.3 Å². The van der Waals surface area contributed by atoms with Gasteiger partial charge in [-0.2, -0.15) is 0 Å². The number of amides is 2. The fourth-order valence-electron chi connectivity index (χ4n) is 4.00. The van der Waals surface area contributed by atoms with Crippen LogP contribution in [0.5, 0.6) is 11.5 Å². The number of thioether (sulfide) groups is 1. The Bertz CT molecular complexity index is 1690. The number of carbonyl (C=O) groups excluding carboxylic acids is 2. The number of halogens is 4. The molecule has 0 saturated heterocycles. The van der Waals surface area contributed by atoms with Gasteiger partial charge in [-0.15, -0.1) is 11.8 Å². The molecule has 2 amide bonds. The summed E-state index contributed by atoms with van der Waals surface area (Å²) < 4.78 is 10.7. The Kier molecular flexibility index (Phi) is 10.7. The zero-order valence-corrected chi connectivity index (χ0v) is 26.3. The molecular weight excluding hydrogens is 658 g/mol. The Morgan fingerprint density at radius 2 is 1.40 bits per heavy atom. The minimum absolute atomic E-state index is 0.243. The van der Waals surface area contributed by atoms with E-state index in [0.29, 0.717) is 27.8 Å². The zero-order valence-electron chi connectivity index (χ0n) is 22.4. The molecule has 0 heterocycles. The number of ether oxygens (including phenoxy) is 2. The van der Waals surface area contributed by atoms with E-state index in [2.05, 4.69) is 10.6 Å². The third kappa shape index (κ3) is 7.31. The molecule has 0 radical (unpaired) electrons. The summed E-state index contributed by atoms with van der Waals surface area (Å²) >= 11 is 25.6. The number of carboxylic acid groups (broad SMARTS) is 1. The molecule has 0 aliphatic heterocycles. The van der Waals surface area contributed by atoms with Gasteiger partial charge in [-0.05, 0) is 42.0 Å². The standard InChI is InChI=1S/C30H22Cl4N2O6S/c1-41-17-10-13-20(42-2)19(14-17)36-29(38)27(15-6-4-3-5-7-15)43-18-11-8-16(9-12-18)35-28(37)21-22(30(39)40)24(32)26(34)25(33)23(21)31/h3-14,27H,1-2H3,(H,35,37)(H,36,38)(H,39,40). The van der Waals surface area contributed by atoms with Crippen molar-refractivity contribution in [3.63, 3.8) is 0 Å². The fourth-order valence-corrected chi connectivity index (χ4v) is 6.05. The Morgan fingerprint density at radius 3 is 1.98 bits per heavy atom. The SMILES string of the molecule is COc1ccc(OC)c(NC(=O)C(Sc2ccc(NC(=O)c3c(Cl)c(Cl)c(Cl)c(Cl)c3C(=O)O)cc2)c2ccccc2)c1. The largest absolute Gasteiger partial charge is 0.497 e. The fraction of sp³-hybridized carbons (Fsp3) is 0.100. The van der Waals surface area contributed by atoms with E-state index in [0.717, 1.165) is 5.56 Å². The average molecular weight is 680 g/mol. The molecule has 1 unspecified atom stereocenters. The van der Waals surface area contributed by atoms with E-state index in [-0.39, 0.29) is 21.0 Å². The molecule has 0 spiro atoms. The number of nitrogens with one attached hydrogen (secondary N) is 2. The second-order valence-electron chi connectivity index (χ2n) is 8.75. The third-order valence-corrected chi connectivity index (χ3v) is 9.15. The van der Waals surface area contributed by atoms with E-state index in [9.17, 15) is 19.5 Å². The van der Waals surface area contributed by atoms with Gasteiger partial charge in [0.2, 0.25) is 5.91 Å². The maximum atomic E-state index is 13.6. The number of aromatic carboxylic acids is 1. The summed E-state index contributed by atoms with van der Waals surface area (Å²) in [5.74, 6) is -1.62. The Hall–Kier alpha value is -3.60. The van der Waals surface area contributed by atoms with Crippen LogP contribution in [0.25, 0.3) is 0 Å². The normalized spacial score (nSPS) is 11.4. The summed E-state index contributed by atoms with van der Waals surface area (Å²) in [7, 11) is 3.04. The maximum Gasteiger partial charge on any atom is 0.338 e. The van der Waals surface area contributed by atoms with Gasteiger partial charge in [0.1, 0.15) is 16.7 Å². The number of rotatable bonds is 10. The summed E-state index contributed by atoms with van der Waals surface area (Å²) in [6, 6.07) is 20.9. The molecule has 4 rings (SSSR count). The lowest BCUT2D eigenvalue weighted by atomic mass is 10.1. The lowest BCUT2D eigenvalue weighted by Crippen LogP contribution is -2.19. The number of anilines is 2. The predicted octanol–water partition coefficient (Wildman–Crippen LogP) is 8.74. The van der Waals surface area contributed by atoms with E-state index >= 15 is 0 Å². The molecule has 0 aliphatic carbocycles. The third-order valence-electron chi connectivity index (χ3n) is 6.08. The first-order valence-corrected chi connectivity index (χ1v) is 14.7. The van der Waals surface area contributed by atoms with Crippen LogP contribution in [0.1, 0.15) is 31.5 Å². The lowest BCUT2D eigenvalue weighted by Gasteiger charge is -2.19. The molecule has 43 heavy (non-hydrogen) atoms. The van der Waals surface area contributed by atoms with Crippen LogP contribution in [0.15, 0.2) is 77.7 Å². The average Bonchev–Trinajstić information content (AvgIpc) is 3.01. The van der Waals surface area contributed by atoms with Crippen molar-refractivity contribution >= 4 is 87.3 Å². The van der Waals surface area contributed by atoms with Crippen molar-refractivity contribution in [1.82, 2.24) is 0 Å². The summed E-state index contributed by atoms with van der Waals surface area (Å²) in [6.07, 6.45) is 0. The molecule has 13 heteroatoms. The van der Waals surface area contributed by atoms with Crippen LogP contribution < -0.4 is 20.1 Å². The zero-order chi connectivity index (χ0) is 31.3. The summed E-state index contributed by atoms with van der Waals surface area (Å²) in [5.41, 5.74) is 0.534. The summed E-state index contributed by atoms with van der Waals surface area (Å²) in [4.78, 5) is 39.2. The first kappa shape index (κ1) is 32.3. The molecule has 0 fully saturated rings. The quantitative estimate of drug-likeness (QED) is 0.0872. The van der Waals surface area contributed by atoms with Crippen molar-refractivity contribution in [2.24, 2.45) is 0 Å². The second kappa shape index (κ2) is 14.2. The lowest BCUT2D eigenvalue weighted by molar-refractivity contribution is -0.115. The number of hydrogen-bond donors (Lipinski definition) is 3. The maximum absolute atomic E-state index is 13.6. The highest BCUT2D eigenvalue weighted by Gasteiger charge is 2.29. The highest BCUT2D eigenvalue weighted by atomic mass is 35.5. The highest BCUT2D eigenvalue weighted by molar-refractivity contribution is 8.00. The van der Waals surface area contributed by atoms with Gasteiger partial charge < -0.3 is 25.2 Å². The molecule has 3 N–H and O–H groups in total. The van der Waals surface area contributed by atoms with Gasteiger partial charge in [0.05, 0.1) is 51.1 Å². The molecule has 0 aromatic heterocycles. The van der Waals surface area contributed by atoms with Crippen LogP contribution in [0.2, 0.25) is 20.1 Å². The summed E-state index contributed by atoms with van der Waals surface area (Å²) in [5, 5.41) is 13.2. The molecule has 0 bridgehead atoms. The van der Waals surface area contributed by atoms with Gasteiger partial charge in [-0.3, -0.25) is 9.59 Å². The van der Waals surface area contributed by atoms with Crippen molar-refractivity contribution in [1.29, 1.82) is 0 Å². The van der Waals surface area contributed by atoms with Crippen LogP contribution >= 0.6 is 58.2 Å². The number of hydrogen-bond acceptors (Lipinski definition) is 6. The van der Waals surface area contributed by atoms with Gasteiger partial charge in [0.25, 0.3) is 5.91 Å². The van der Waals surface area contributed by atoms with Gasteiger partial charge in [0.15, 0.2) is 0 Å². The van der Waals surface area contributed by atoms with Crippen LogP contribution in [0.3, 0.4) is 0 Å². The van der Waals surface area contributed by atoms with E-state index in [1.165, 1.54) is 26.0 Å². The number of carbonyl (C=O) groups is 3. The second-order valence-corrected chi connectivity index (χ2v) is 11.4. The highest BCUT2D eigenvalue weighted by Crippen LogP contribution is 2.42. The van der Waals surface area contributed by atoms with Crippen LogP contribution in [0.4, 0.5) is 11.4 Å². The topological polar surface area (TPSA) is 114 Å². The van der Waals surface area contributed by atoms with Crippen molar-refractivity contribution in [2.75, 3.05) is 24.9 Å². The first-order chi connectivity index (χ1) is 20.5. The first-order valence-electron chi connectivity index (χ1n) is 12.3. The Labute approximate surface area is 271 Å².